The summed E-state index contributed by atoms with van der Waals surface area (Å²) in [6, 6.07) is 7.40. The van der Waals surface area contributed by atoms with Gasteiger partial charge in [0.05, 0.1) is 10.7 Å². The number of imide groups is 1. The highest BCUT2D eigenvalue weighted by Crippen LogP contribution is 2.32. The Labute approximate surface area is 192 Å². The van der Waals surface area contributed by atoms with Crippen LogP contribution in [0.1, 0.15) is 24.6 Å². The number of aromatic amines is 1. The maximum Gasteiger partial charge on any atom is 0.293 e. The molecule has 0 saturated carbocycles. The number of aromatic nitrogens is 2. The standard InChI is InChI=1S/C21H21FN4O4S2/c1-2-5-14-11-17(27)25-20(24-14)31-12-18(28)23-8-9-26-19(29)16(32-21(26)30)10-13-6-3-4-7-15(13)22/h3-4,6-7,10-11H,2,5,8-9,12H2,1H3,(H,23,28)(H,24,25,27)/b16-10-. The zero-order valence-corrected chi connectivity index (χ0v) is 18.9. The molecule has 0 aliphatic carbocycles. The molecule has 1 fully saturated rings. The Bertz CT molecular complexity index is 1120. The van der Waals surface area contributed by atoms with Crippen LogP contribution in [0, 0.1) is 5.82 Å². The van der Waals surface area contributed by atoms with Crippen molar-refractivity contribution in [1.29, 1.82) is 0 Å². The van der Waals surface area contributed by atoms with E-state index in [2.05, 4.69) is 15.3 Å². The van der Waals surface area contributed by atoms with Gasteiger partial charge in [0.2, 0.25) is 5.91 Å². The summed E-state index contributed by atoms with van der Waals surface area (Å²) in [7, 11) is 0. The molecule has 32 heavy (non-hydrogen) atoms. The van der Waals surface area contributed by atoms with E-state index in [-0.39, 0.29) is 40.8 Å². The van der Waals surface area contributed by atoms with Crippen LogP contribution < -0.4 is 10.9 Å². The molecule has 1 aliphatic rings. The third kappa shape index (κ3) is 6.30. The van der Waals surface area contributed by atoms with Gasteiger partial charge in [-0.2, -0.15) is 0 Å². The molecule has 2 aromatic rings. The number of hydrogen-bond donors (Lipinski definition) is 2. The number of nitrogens with one attached hydrogen (secondary N) is 2. The first-order valence-corrected chi connectivity index (χ1v) is 11.7. The van der Waals surface area contributed by atoms with Crippen molar-refractivity contribution in [3.8, 4) is 0 Å². The van der Waals surface area contributed by atoms with E-state index in [1.807, 2.05) is 6.92 Å². The van der Waals surface area contributed by atoms with Crippen LogP contribution >= 0.6 is 23.5 Å². The minimum absolute atomic E-state index is 0.00322. The quantitative estimate of drug-likeness (QED) is 0.325. The Kier molecular flexibility index (Phi) is 8.23. The summed E-state index contributed by atoms with van der Waals surface area (Å²) in [5, 5.41) is 2.52. The number of amides is 3. The minimum atomic E-state index is -0.526. The Morgan fingerprint density at radius 3 is 2.84 bits per heavy atom. The molecule has 1 aromatic carbocycles. The van der Waals surface area contributed by atoms with Gasteiger partial charge in [-0.05, 0) is 30.3 Å². The van der Waals surface area contributed by atoms with Crippen molar-refractivity contribution >= 4 is 46.7 Å². The van der Waals surface area contributed by atoms with Crippen LogP contribution in [-0.2, 0) is 16.0 Å². The number of carbonyl (C=O) groups excluding carboxylic acids is 3. The molecule has 8 nitrogen and oxygen atoms in total. The molecule has 3 rings (SSSR count). The summed E-state index contributed by atoms with van der Waals surface area (Å²) in [6.07, 6.45) is 2.87. The second-order valence-corrected chi connectivity index (χ2v) is 8.74. The van der Waals surface area contributed by atoms with E-state index in [0.29, 0.717) is 17.3 Å². The van der Waals surface area contributed by atoms with Crippen molar-refractivity contribution in [3.05, 3.63) is 62.7 Å². The lowest BCUT2D eigenvalue weighted by Gasteiger charge is -2.13. The number of hydrogen-bond acceptors (Lipinski definition) is 7. The molecule has 3 amide bonds. The van der Waals surface area contributed by atoms with Gasteiger partial charge in [0.25, 0.3) is 16.7 Å². The Morgan fingerprint density at radius 1 is 1.31 bits per heavy atom. The van der Waals surface area contributed by atoms with Crippen molar-refractivity contribution in [2.45, 2.75) is 24.9 Å². The smallest absolute Gasteiger partial charge is 0.293 e. The summed E-state index contributed by atoms with van der Waals surface area (Å²) < 4.78 is 13.8. The maximum atomic E-state index is 13.8. The SMILES string of the molecule is CCCc1cc(=O)[nH]c(SCC(=O)NCCN2C(=O)S/C(=C\c3ccccc3F)C2=O)n1. The summed E-state index contributed by atoms with van der Waals surface area (Å²) in [5.41, 5.74) is 0.620. The van der Waals surface area contributed by atoms with Gasteiger partial charge in [-0.15, -0.1) is 0 Å². The first-order valence-electron chi connectivity index (χ1n) is 9.87. The predicted molar refractivity (Wildman–Crippen MR) is 122 cm³/mol. The summed E-state index contributed by atoms with van der Waals surface area (Å²) in [5.74, 6) is -1.32. The van der Waals surface area contributed by atoms with E-state index in [4.69, 9.17) is 0 Å². The third-order valence-corrected chi connectivity index (χ3v) is 6.12. The Morgan fingerprint density at radius 2 is 2.09 bits per heavy atom. The lowest BCUT2D eigenvalue weighted by Crippen LogP contribution is -2.37. The monoisotopic (exact) mass is 476 g/mol. The molecule has 2 N–H and O–H groups in total. The molecule has 0 atom stereocenters. The van der Waals surface area contributed by atoms with Crippen LogP contribution in [0.15, 0.2) is 45.2 Å². The highest BCUT2D eigenvalue weighted by Gasteiger charge is 2.34. The molecule has 0 unspecified atom stereocenters. The lowest BCUT2D eigenvalue weighted by molar-refractivity contribution is -0.123. The number of aryl methyl sites for hydroxylation is 1. The molecule has 1 aromatic heterocycles. The van der Waals surface area contributed by atoms with Gasteiger partial charge < -0.3 is 10.3 Å². The van der Waals surface area contributed by atoms with Crippen molar-refractivity contribution in [3.63, 3.8) is 0 Å². The second-order valence-electron chi connectivity index (χ2n) is 6.79. The highest BCUT2D eigenvalue weighted by molar-refractivity contribution is 8.18. The van der Waals surface area contributed by atoms with Gasteiger partial charge in [0.1, 0.15) is 5.82 Å². The number of rotatable bonds is 9. The lowest BCUT2D eigenvalue weighted by atomic mass is 10.2. The number of benzene rings is 1. The molecular formula is C21H21FN4O4S2. The van der Waals surface area contributed by atoms with Crippen molar-refractivity contribution in [2.24, 2.45) is 0 Å². The normalized spacial score (nSPS) is 14.9. The zero-order chi connectivity index (χ0) is 23.1. The van der Waals surface area contributed by atoms with Crippen molar-refractivity contribution in [1.82, 2.24) is 20.2 Å². The van der Waals surface area contributed by atoms with Gasteiger partial charge >= 0.3 is 0 Å². The fourth-order valence-electron chi connectivity index (χ4n) is 2.85. The molecule has 1 saturated heterocycles. The van der Waals surface area contributed by atoms with E-state index < -0.39 is 17.0 Å². The van der Waals surface area contributed by atoms with Crippen LogP contribution in [0.25, 0.3) is 6.08 Å². The molecule has 0 spiro atoms. The number of thioether (sulfide) groups is 2. The number of carbonyl (C=O) groups is 3. The van der Waals surface area contributed by atoms with E-state index in [1.165, 1.54) is 30.3 Å². The zero-order valence-electron chi connectivity index (χ0n) is 17.2. The van der Waals surface area contributed by atoms with E-state index in [0.717, 1.165) is 34.8 Å². The van der Waals surface area contributed by atoms with Crippen LogP contribution in [0.5, 0.6) is 0 Å². The van der Waals surface area contributed by atoms with Crippen LogP contribution in [0.4, 0.5) is 9.18 Å². The molecule has 0 bridgehead atoms. The van der Waals surface area contributed by atoms with Gasteiger partial charge in [-0.3, -0.25) is 24.1 Å². The number of halogens is 1. The first-order chi connectivity index (χ1) is 15.4. The average Bonchev–Trinajstić information content (AvgIpc) is 3.01. The second kappa shape index (κ2) is 11.1. The molecule has 2 heterocycles. The summed E-state index contributed by atoms with van der Waals surface area (Å²) in [4.78, 5) is 56.4. The topological polar surface area (TPSA) is 112 Å². The van der Waals surface area contributed by atoms with E-state index in [1.54, 1.807) is 6.07 Å². The fourth-order valence-corrected chi connectivity index (χ4v) is 4.43. The molecule has 11 heteroatoms. The largest absolute Gasteiger partial charge is 0.354 e. The summed E-state index contributed by atoms with van der Waals surface area (Å²) in [6.45, 7) is 2.05. The molecule has 168 valence electrons. The van der Waals surface area contributed by atoms with Gasteiger partial charge in [-0.1, -0.05) is 43.3 Å². The number of nitrogens with zero attached hydrogens (tertiary/aromatic N) is 2. The fraction of sp³-hybridized carbons (Fsp3) is 0.286. The minimum Gasteiger partial charge on any atom is -0.354 e. The van der Waals surface area contributed by atoms with E-state index in [9.17, 15) is 23.6 Å². The number of H-pyrrole nitrogens is 1. The van der Waals surface area contributed by atoms with Gasteiger partial charge in [-0.25, -0.2) is 9.37 Å². The Hall–Kier alpha value is -2.92. The van der Waals surface area contributed by atoms with Gasteiger partial charge in [0, 0.05) is 30.4 Å². The van der Waals surface area contributed by atoms with Crippen molar-refractivity contribution < 1.29 is 18.8 Å². The first kappa shape index (κ1) is 23.7. The van der Waals surface area contributed by atoms with E-state index >= 15 is 0 Å². The van der Waals surface area contributed by atoms with Crippen LogP contribution in [0.3, 0.4) is 0 Å². The maximum absolute atomic E-state index is 13.8. The van der Waals surface area contributed by atoms with Crippen LogP contribution in [0.2, 0.25) is 0 Å². The Balaban J connectivity index is 1.49. The van der Waals surface area contributed by atoms with Crippen LogP contribution in [-0.4, -0.2) is 50.8 Å². The van der Waals surface area contributed by atoms with Crippen molar-refractivity contribution in [2.75, 3.05) is 18.8 Å². The molecule has 0 radical (unpaired) electrons. The molecule has 1 aliphatic heterocycles. The van der Waals surface area contributed by atoms with Gasteiger partial charge in [0.15, 0.2) is 5.16 Å². The summed E-state index contributed by atoms with van der Waals surface area (Å²) >= 11 is 1.83. The average molecular weight is 477 g/mol. The predicted octanol–water partition coefficient (Wildman–Crippen LogP) is 2.81. The molecular weight excluding hydrogens is 455 g/mol. The third-order valence-electron chi connectivity index (χ3n) is 4.34. The highest BCUT2D eigenvalue weighted by atomic mass is 32.2.